The maximum absolute atomic E-state index is 13.6. The molecule has 1 saturated carbocycles. The molecule has 8 rings (SSSR count). The van der Waals surface area contributed by atoms with E-state index in [2.05, 4.69) is 20.4 Å². The number of anilines is 2. The fourth-order valence-electron chi connectivity index (χ4n) is 8.17. The number of urea groups is 1. The number of hydrogen-bond donors (Lipinski definition) is 2. The highest BCUT2D eigenvalue weighted by Gasteiger charge is 2.45. The van der Waals surface area contributed by atoms with Crippen molar-refractivity contribution in [3.63, 3.8) is 0 Å². The number of hydrazine groups is 1. The summed E-state index contributed by atoms with van der Waals surface area (Å²) in [5.41, 5.74) is 1.15. The molecule has 0 spiro atoms. The van der Waals surface area contributed by atoms with Gasteiger partial charge in [0, 0.05) is 62.4 Å². The van der Waals surface area contributed by atoms with Crippen LogP contribution in [-0.4, -0.2) is 101 Å². The quantitative estimate of drug-likeness (QED) is 0.227. The highest BCUT2D eigenvalue weighted by molar-refractivity contribution is 6.24. The van der Waals surface area contributed by atoms with Gasteiger partial charge in [-0.15, -0.1) is 0 Å². The topological polar surface area (TPSA) is 149 Å². The molecule has 17 heteroatoms. The number of benzene rings is 3. The van der Waals surface area contributed by atoms with Crippen LogP contribution in [0.3, 0.4) is 0 Å². The Kier molecular flexibility index (Phi) is 9.64. The van der Waals surface area contributed by atoms with Gasteiger partial charge in [-0.05, 0) is 68.0 Å². The number of ether oxygens (including phenoxy) is 1. The predicted molar refractivity (Wildman–Crippen MR) is 197 cm³/mol. The molecule has 3 aliphatic heterocycles. The molecule has 3 fully saturated rings. The highest BCUT2D eigenvalue weighted by atomic mass is 19.4. The fraction of sp³-hybridized carbons (Fsp3) is 0.385. The minimum Gasteiger partial charge on any atom is -0.494 e. The van der Waals surface area contributed by atoms with Gasteiger partial charge in [0.05, 0.1) is 53.3 Å². The number of nitrogens with one attached hydrogen (secondary N) is 2. The number of amides is 6. The number of imide groups is 2. The van der Waals surface area contributed by atoms with Crippen molar-refractivity contribution in [2.24, 2.45) is 5.92 Å². The molecule has 0 atom stereocenters. The van der Waals surface area contributed by atoms with Crippen molar-refractivity contribution in [1.82, 2.24) is 30.0 Å². The highest BCUT2D eigenvalue weighted by Crippen LogP contribution is 2.37. The Balaban J connectivity index is 0.860. The van der Waals surface area contributed by atoms with Crippen molar-refractivity contribution in [2.45, 2.75) is 44.3 Å². The summed E-state index contributed by atoms with van der Waals surface area (Å²) in [6.45, 7) is 3.78. The summed E-state index contributed by atoms with van der Waals surface area (Å²) < 4.78 is 47.1. The molecule has 3 aromatic carbocycles. The lowest BCUT2D eigenvalue weighted by Gasteiger charge is -2.39. The third-order valence-corrected chi connectivity index (χ3v) is 11.1. The van der Waals surface area contributed by atoms with E-state index in [-0.39, 0.29) is 35.7 Å². The number of carbonyl (C=O) groups is 5. The van der Waals surface area contributed by atoms with Gasteiger partial charge in [0.25, 0.3) is 17.7 Å². The van der Waals surface area contributed by atoms with Gasteiger partial charge in [0.15, 0.2) is 0 Å². The van der Waals surface area contributed by atoms with Crippen molar-refractivity contribution < 1.29 is 41.9 Å². The molecule has 1 aromatic heterocycles. The van der Waals surface area contributed by atoms with Crippen LogP contribution in [0.4, 0.5) is 29.3 Å². The summed E-state index contributed by atoms with van der Waals surface area (Å²) in [6.07, 6.45) is 1.24. The fourth-order valence-corrected chi connectivity index (χ4v) is 8.17. The van der Waals surface area contributed by atoms with Gasteiger partial charge in [0.2, 0.25) is 5.91 Å². The molecule has 0 unspecified atom stereocenters. The van der Waals surface area contributed by atoms with Crippen LogP contribution in [0.2, 0.25) is 0 Å². The van der Waals surface area contributed by atoms with Crippen LogP contribution in [0.25, 0.3) is 10.9 Å². The second kappa shape index (κ2) is 14.6. The van der Waals surface area contributed by atoms with E-state index in [0.29, 0.717) is 41.6 Å². The molecule has 1 aliphatic carbocycles. The smallest absolute Gasteiger partial charge is 0.416 e. The van der Waals surface area contributed by atoms with Gasteiger partial charge in [-0.25, -0.2) is 9.80 Å². The number of aromatic nitrogens is 2. The first-order valence-corrected chi connectivity index (χ1v) is 18.5. The van der Waals surface area contributed by atoms with Gasteiger partial charge in [0.1, 0.15) is 5.75 Å². The molecule has 2 saturated heterocycles. The van der Waals surface area contributed by atoms with E-state index in [4.69, 9.17) is 9.84 Å². The number of carbonyl (C=O) groups excluding carboxylic acids is 5. The first-order chi connectivity index (χ1) is 26.9. The lowest BCUT2D eigenvalue weighted by molar-refractivity contribution is -0.137. The Morgan fingerprint density at radius 2 is 1.68 bits per heavy atom. The molecular formula is C39H39F3N8O6. The normalized spacial score (nSPS) is 20.8. The maximum atomic E-state index is 13.6. The van der Waals surface area contributed by atoms with Crippen molar-refractivity contribution in [1.29, 1.82) is 0 Å². The van der Waals surface area contributed by atoms with Gasteiger partial charge in [-0.3, -0.25) is 34.1 Å². The summed E-state index contributed by atoms with van der Waals surface area (Å²) in [4.78, 5) is 68.4. The van der Waals surface area contributed by atoms with Crippen LogP contribution in [0.15, 0.2) is 60.8 Å². The van der Waals surface area contributed by atoms with Crippen molar-refractivity contribution >= 4 is 51.9 Å². The first kappa shape index (κ1) is 37.0. The minimum absolute atomic E-state index is 0.00598. The molecule has 292 valence electrons. The minimum atomic E-state index is -4.57. The van der Waals surface area contributed by atoms with Crippen molar-refractivity contribution in [2.75, 3.05) is 56.6 Å². The summed E-state index contributed by atoms with van der Waals surface area (Å²) >= 11 is 0. The zero-order valence-electron chi connectivity index (χ0n) is 30.5. The summed E-state index contributed by atoms with van der Waals surface area (Å²) in [5.74, 6) is -1.46. The number of methoxy groups -OCH3 is 1. The molecule has 4 aliphatic rings. The third kappa shape index (κ3) is 7.02. The summed E-state index contributed by atoms with van der Waals surface area (Å²) in [6, 6.07) is 12.2. The lowest BCUT2D eigenvalue weighted by atomic mass is 9.85. The summed E-state index contributed by atoms with van der Waals surface area (Å²) in [7, 11) is 1.45. The second-order valence-electron chi connectivity index (χ2n) is 14.6. The Morgan fingerprint density at radius 3 is 2.39 bits per heavy atom. The molecule has 2 N–H and O–H groups in total. The molecule has 6 amide bonds. The SMILES string of the molecule is COc1cc2nn(C3CCC(CN4CCN(c5cccc6c5C(=O)N(N5CCC(=O)NC5=O)C6=O)CC4)CC3)cc2cc1NC(=O)c1cccc(C(F)(F)F)c1. The standard InChI is InChI=1S/C39H39F3N8O6/c1-56-32-20-29-25(19-30(32)43-35(52)24-4-2-5-26(18-24)39(40,41)42)22-48(45-29)27-10-8-23(9-11-27)21-46-14-16-47(17-15-46)31-7-3-6-28-34(31)37(54)50(36(28)53)49-13-12-33(51)44-38(49)55/h2-7,18-20,22-23,27H,8-17,21H2,1H3,(H,43,52)(H,44,51,55). The van der Waals surface area contributed by atoms with Crippen molar-refractivity contribution in [3.8, 4) is 5.75 Å². The van der Waals surface area contributed by atoms with E-state index < -0.39 is 41.4 Å². The average molecular weight is 773 g/mol. The zero-order valence-corrected chi connectivity index (χ0v) is 30.5. The van der Waals surface area contributed by atoms with E-state index in [1.165, 1.54) is 19.2 Å². The van der Waals surface area contributed by atoms with Crippen LogP contribution in [0.1, 0.15) is 74.8 Å². The number of hydrogen-bond acceptors (Lipinski definition) is 9. The largest absolute Gasteiger partial charge is 0.494 e. The maximum Gasteiger partial charge on any atom is 0.416 e. The Bertz CT molecular complexity index is 2240. The predicted octanol–water partition coefficient (Wildman–Crippen LogP) is 5.32. The molecule has 0 bridgehead atoms. The zero-order chi connectivity index (χ0) is 39.3. The van der Waals surface area contributed by atoms with Gasteiger partial charge < -0.3 is 15.0 Å². The third-order valence-electron chi connectivity index (χ3n) is 11.1. The van der Waals surface area contributed by atoms with Crippen LogP contribution in [0, 0.1) is 5.92 Å². The molecular weight excluding hydrogens is 733 g/mol. The number of nitrogens with zero attached hydrogens (tertiary/aromatic N) is 6. The molecule has 56 heavy (non-hydrogen) atoms. The van der Waals surface area contributed by atoms with Crippen LogP contribution >= 0.6 is 0 Å². The van der Waals surface area contributed by atoms with Crippen LogP contribution in [0.5, 0.6) is 5.75 Å². The number of alkyl halides is 3. The number of rotatable bonds is 8. The second-order valence-corrected chi connectivity index (χ2v) is 14.6. The Hall–Kier alpha value is -5.97. The van der Waals surface area contributed by atoms with Gasteiger partial charge in [-0.1, -0.05) is 12.1 Å². The Labute approximate surface area is 319 Å². The monoisotopic (exact) mass is 772 g/mol. The van der Waals surface area contributed by atoms with E-state index in [0.717, 1.165) is 72.9 Å². The molecule has 4 aromatic rings. The van der Waals surface area contributed by atoms with Gasteiger partial charge in [-0.2, -0.15) is 23.3 Å². The molecule has 0 radical (unpaired) electrons. The lowest BCUT2D eigenvalue weighted by Crippen LogP contribution is -2.58. The number of fused-ring (bicyclic) bond motifs is 2. The van der Waals surface area contributed by atoms with E-state index in [9.17, 15) is 37.1 Å². The Morgan fingerprint density at radius 1 is 0.929 bits per heavy atom. The van der Waals surface area contributed by atoms with E-state index >= 15 is 0 Å². The van der Waals surface area contributed by atoms with Crippen molar-refractivity contribution in [3.05, 3.63) is 83.0 Å². The van der Waals surface area contributed by atoms with Gasteiger partial charge >= 0.3 is 12.2 Å². The summed E-state index contributed by atoms with van der Waals surface area (Å²) in [5, 5.41) is 12.3. The average Bonchev–Trinajstić information content (AvgIpc) is 3.72. The molecule has 14 nitrogen and oxygen atoms in total. The van der Waals surface area contributed by atoms with Crippen LogP contribution < -0.4 is 20.3 Å². The van der Waals surface area contributed by atoms with E-state index in [1.54, 1.807) is 24.3 Å². The first-order valence-electron chi connectivity index (χ1n) is 18.5. The van der Waals surface area contributed by atoms with Crippen LogP contribution in [-0.2, 0) is 11.0 Å². The number of halogens is 3. The number of piperazine rings is 1. The van der Waals surface area contributed by atoms with E-state index in [1.807, 2.05) is 16.9 Å². The molecule has 4 heterocycles.